The van der Waals surface area contributed by atoms with Gasteiger partial charge in [0.05, 0.1) is 5.25 Å². The summed E-state index contributed by atoms with van der Waals surface area (Å²) in [7, 11) is 0. The maximum Gasteiger partial charge on any atom is 0.182 e. The summed E-state index contributed by atoms with van der Waals surface area (Å²) in [5, 5.41) is 1.32. The molecule has 0 unspecified atom stereocenters. The number of fused-ring (bicyclic) bond motifs is 1. The minimum Gasteiger partial charge on any atom is -0.360 e. The molecule has 0 saturated heterocycles. The van der Waals surface area contributed by atoms with Gasteiger partial charge in [0.1, 0.15) is 0 Å². The Bertz CT molecular complexity index is 1040. The van der Waals surface area contributed by atoms with Crippen LogP contribution in [0.5, 0.6) is 0 Å². The quantitative estimate of drug-likeness (QED) is 0.316. The zero-order chi connectivity index (χ0) is 17.9. The lowest BCUT2D eigenvalue weighted by Crippen LogP contribution is -2.09. The lowest BCUT2D eigenvalue weighted by atomic mass is 10.0. The molecule has 0 aliphatic rings. The number of para-hydroxylation sites is 1. The highest BCUT2D eigenvalue weighted by Gasteiger charge is 2.25. The molecule has 0 radical (unpaired) electrons. The molecular weight excluding hydrogens is 362 g/mol. The van der Waals surface area contributed by atoms with E-state index in [4.69, 9.17) is 11.6 Å². The van der Waals surface area contributed by atoms with Gasteiger partial charge < -0.3 is 4.98 Å². The smallest absolute Gasteiger partial charge is 0.182 e. The Hall–Kier alpha value is -2.49. The molecule has 0 aliphatic heterocycles. The van der Waals surface area contributed by atoms with Crippen molar-refractivity contribution in [1.29, 1.82) is 0 Å². The molecule has 3 aromatic carbocycles. The summed E-state index contributed by atoms with van der Waals surface area (Å²) in [6.45, 7) is 0. The van der Waals surface area contributed by atoms with Crippen LogP contribution in [0, 0.1) is 0 Å². The Kier molecular flexibility index (Phi) is 4.83. The van der Waals surface area contributed by atoms with Crippen molar-refractivity contribution in [1.82, 2.24) is 4.98 Å². The van der Waals surface area contributed by atoms with Gasteiger partial charge in [0.25, 0.3) is 0 Å². The Morgan fingerprint density at radius 2 is 1.58 bits per heavy atom. The van der Waals surface area contributed by atoms with Gasteiger partial charge in [-0.1, -0.05) is 60.1 Å². The van der Waals surface area contributed by atoms with E-state index < -0.39 is 0 Å². The van der Waals surface area contributed by atoms with Gasteiger partial charge >= 0.3 is 0 Å². The van der Waals surface area contributed by atoms with Crippen molar-refractivity contribution in [2.24, 2.45) is 0 Å². The van der Waals surface area contributed by atoms with Gasteiger partial charge in [-0.2, -0.15) is 0 Å². The first-order valence-electron chi connectivity index (χ1n) is 8.30. The Labute approximate surface area is 161 Å². The highest BCUT2D eigenvalue weighted by Crippen LogP contribution is 2.39. The summed E-state index contributed by atoms with van der Waals surface area (Å²) in [6.07, 6.45) is 1.81. The third-order valence-electron chi connectivity index (χ3n) is 4.26. The lowest BCUT2D eigenvalue weighted by molar-refractivity contribution is 0.0991. The first-order valence-corrected chi connectivity index (χ1v) is 9.55. The van der Waals surface area contributed by atoms with Gasteiger partial charge in [0.2, 0.25) is 0 Å². The molecule has 0 fully saturated rings. The number of rotatable bonds is 5. The van der Waals surface area contributed by atoms with Crippen molar-refractivity contribution >= 4 is 40.0 Å². The number of hydrogen-bond acceptors (Lipinski definition) is 2. The second kappa shape index (κ2) is 7.40. The topological polar surface area (TPSA) is 32.9 Å². The third kappa shape index (κ3) is 3.41. The predicted octanol–water partition coefficient (Wildman–Crippen LogP) is 6.54. The highest BCUT2D eigenvalue weighted by atomic mass is 35.5. The van der Waals surface area contributed by atoms with E-state index in [-0.39, 0.29) is 11.0 Å². The van der Waals surface area contributed by atoms with Gasteiger partial charge in [0, 0.05) is 32.6 Å². The van der Waals surface area contributed by atoms with E-state index in [2.05, 4.69) is 4.98 Å². The fourth-order valence-corrected chi connectivity index (χ4v) is 4.19. The predicted molar refractivity (Wildman–Crippen MR) is 109 cm³/mol. The van der Waals surface area contributed by atoms with Gasteiger partial charge in [-0.25, -0.2) is 0 Å². The summed E-state index contributed by atoms with van der Waals surface area (Å²) in [5.74, 6) is 0.0913. The lowest BCUT2D eigenvalue weighted by Gasteiger charge is -2.16. The molecule has 0 amide bonds. The number of carbonyl (C=O) groups is 1. The molecule has 1 N–H and O–H groups in total. The van der Waals surface area contributed by atoms with E-state index in [1.54, 1.807) is 11.8 Å². The average molecular weight is 378 g/mol. The normalized spacial score (nSPS) is 12.2. The van der Waals surface area contributed by atoms with Crippen molar-refractivity contribution in [2.75, 3.05) is 0 Å². The third-order valence-corrected chi connectivity index (χ3v) is 5.78. The van der Waals surface area contributed by atoms with Crippen LogP contribution < -0.4 is 0 Å². The molecule has 0 bridgehead atoms. The summed E-state index contributed by atoms with van der Waals surface area (Å²) in [6, 6.07) is 25.4. The maximum atomic E-state index is 13.4. The number of H-pyrrole nitrogens is 1. The van der Waals surface area contributed by atoms with E-state index in [1.807, 2.05) is 85.1 Å². The van der Waals surface area contributed by atoms with Crippen molar-refractivity contribution in [3.63, 3.8) is 0 Å². The number of benzene rings is 3. The number of aromatic amines is 1. The van der Waals surface area contributed by atoms with Crippen LogP contribution in [0.25, 0.3) is 10.9 Å². The minimum atomic E-state index is -0.323. The van der Waals surface area contributed by atoms with Crippen molar-refractivity contribution in [2.45, 2.75) is 10.1 Å². The van der Waals surface area contributed by atoms with E-state index in [1.165, 1.54) is 0 Å². The number of carbonyl (C=O) groups excluding carboxylic acids is 1. The molecule has 2 nitrogen and oxygen atoms in total. The highest BCUT2D eigenvalue weighted by molar-refractivity contribution is 8.00. The molecular formula is C22H16ClNOS. The summed E-state index contributed by atoms with van der Waals surface area (Å²) < 4.78 is 0. The van der Waals surface area contributed by atoms with Crippen LogP contribution in [0.1, 0.15) is 21.2 Å². The van der Waals surface area contributed by atoms with Crippen molar-refractivity contribution in [3.8, 4) is 0 Å². The van der Waals surface area contributed by atoms with Crippen LogP contribution in [-0.2, 0) is 0 Å². The molecule has 0 aliphatic carbocycles. The Balaban J connectivity index is 1.74. The van der Waals surface area contributed by atoms with Crippen molar-refractivity contribution in [3.05, 3.63) is 101 Å². The van der Waals surface area contributed by atoms with Crippen LogP contribution in [0.2, 0.25) is 5.02 Å². The SMILES string of the molecule is O=C(c1c[nH]c2ccccc12)[C@@H](Sc1ccc(Cl)cc1)c1ccccc1. The molecule has 128 valence electrons. The standard InChI is InChI=1S/C22H16ClNOS/c23-16-10-12-17(13-11-16)26-22(15-6-2-1-3-7-15)21(25)19-14-24-20-9-5-4-8-18(19)20/h1-14,22,24H/t22-/m0/s1. The maximum absolute atomic E-state index is 13.4. The fraction of sp³-hybridized carbons (Fsp3) is 0.0455. The largest absolute Gasteiger partial charge is 0.360 e. The Morgan fingerprint density at radius 1 is 0.885 bits per heavy atom. The van der Waals surface area contributed by atoms with Crippen molar-refractivity contribution < 1.29 is 4.79 Å². The number of halogens is 1. The number of ketones is 1. The first-order chi connectivity index (χ1) is 12.7. The van der Waals surface area contributed by atoms with Crippen LogP contribution in [0.15, 0.2) is 90.0 Å². The molecule has 26 heavy (non-hydrogen) atoms. The molecule has 0 saturated carbocycles. The number of aromatic nitrogens is 1. The number of nitrogens with one attached hydrogen (secondary N) is 1. The van der Waals surface area contributed by atoms with Gasteiger partial charge in [0.15, 0.2) is 5.78 Å². The zero-order valence-electron chi connectivity index (χ0n) is 13.9. The van der Waals surface area contributed by atoms with Gasteiger partial charge in [-0.15, -0.1) is 11.8 Å². The molecule has 1 atom stereocenters. The number of Topliss-reactive ketones (excluding diaryl/α,β-unsaturated/α-hetero) is 1. The van der Waals surface area contributed by atoms with Gasteiger partial charge in [-0.3, -0.25) is 4.79 Å². The van der Waals surface area contributed by atoms with Crippen LogP contribution in [-0.4, -0.2) is 10.8 Å². The van der Waals surface area contributed by atoms with Gasteiger partial charge in [-0.05, 0) is 35.9 Å². The molecule has 1 aromatic heterocycles. The van der Waals surface area contributed by atoms with Crippen LogP contribution in [0.3, 0.4) is 0 Å². The second-order valence-electron chi connectivity index (χ2n) is 5.97. The molecule has 4 heteroatoms. The number of hydrogen-bond donors (Lipinski definition) is 1. The summed E-state index contributed by atoms with van der Waals surface area (Å²) in [4.78, 5) is 17.6. The average Bonchev–Trinajstić information content (AvgIpc) is 3.12. The zero-order valence-corrected chi connectivity index (χ0v) is 15.4. The molecule has 1 heterocycles. The molecule has 0 spiro atoms. The molecule has 4 aromatic rings. The van der Waals surface area contributed by atoms with E-state index in [0.29, 0.717) is 5.02 Å². The van der Waals surface area contributed by atoms with Crippen LogP contribution in [0.4, 0.5) is 0 Å². The first kappa shape index (κ1) is 17.0. The van der Waals surface area contributed by atoms with Crippen LogP contribution >= 0.6 is 23.4 Å². The second-order valence-corrected chi connectivity index (χ2v) is 7.59. The summed E-state index contributed by atoms with van der Waals surface area (Å²) >= 11 is 7.54. The number of thioether (sulfide) groups is 1. The Morgan fingerprint density at radius 3 is 2.35 bits per heavy atom. The van der Waals surface area contributed by atoms with E-state index in [9.17, 15) is 4.79 Å². The summed E-state index contributed by atoms with van der Waals surface area (Å²) in [5.41, 5.74) is 2.68. The minimum absolute atomic E-state index is 0.0913. The van der Waals surface area contributed by atoms with E-state index >= 15 is 0 Å². The van der Waals surface area contributed by atoms with E-state index in [0.717, 1.165) is 26.9 Å². The fourth-order valence-electron chi connectivity index (χ4n) is 2.97. The monoisotopic (exact) mass is 377 g/mol. The molecule has 4 rings (SSSR count).